The van der Waals surface area contributed by atoms with Gasteiger partial charge in [-0.1, -0.05) is 0 Å². The molecule has 0 aliphatic heterocycles. The molecule has 2 aromatic heterocycles. The molecular formula is C8H4N2O6S2. The molecule has 0 atom stereocenters. The molecule has 0 fully saturated rings. The molecule has 0 aromatic carbocycles. The lowest BCUT2D eigenvalue weighted by atomic mass is 10.6. The first-order chi connectivity index (χ1) is 8.56. The second kappa shape index (κ2) is 5.14. The molecule has 0 aliphatic rings. The van der Waals surface area contributed by atoms with Crippen LogP contribution in [0.3, 0.4) is 0 Å². The zero-order chi connectivity index (χ0) is 13.1. The predicted octanol–water partition coefficient (Wildman–Crippen LogP) is 3.49. The van der Waals surface area contributed by atoms with E-state index in [0.29, 0.717) is 10.2 Å². The fraction of sp³-hybridized carbons (Fsp3) is 0. The molecule has 8 nitrogen and oxygen atoms in total. The summed E-state index contributed by atoms with van der Waals surface area (Å²) in [5.41, 5.74) is -0.299. The molecule has 94 valence electrons. The fourth-order valence-corrected chi connectivity index (χ4v) is 2.67. The van der Waals surface area contributed by atoms with Crippen LogP contribution in [0.5, 0.6) is 0 Å². The van der Waals surface area contributed by atoms with E-state index >= 15 is 0 Å². The molecule has 18 heavy (non-hydrogen) atoms. The Balaban J connectivity index is 1.97. The monoisotopic (exact) mass is 288 g/mol. The van der Waals surface area contributed by atoms with Crippen LogP contribution in [0.2, 0.25) is 0 Å². The lowest BCUT2D eigenvalue weighted by molar-refractivity contribution is -0.385. The Morgan fingerprint density at radius 2 is 1.28 bits per heavy atom. The Morgan fingerprint density at radius 1 is 0.889 bits per heavy atom. The molecule has 0 saturated heterocycles. The van der Waals surface area contributed by atoms with E-state index in [0.717, 1.165) is 34.1 Å². The summed E-state index contributed by atoms with van der Waals surface area (Å²) in [6.07, 6.45) is 2.04. The predicted molar refractivity (Wildman–Crippen MR) is 62.4 cm³/mol. The quantitative estimate of drug-likeness (QED) is 0.466. The van der Waals surface area contributed by atoms with Gasteiger partial charge in [0.25, 0.3) is 0 Å². The largest absolute Gasteiger partial charge is 0.450 e. The maximum atomic E-state index is 10.4. The summed E-state index contributed by atoms with van der Waals surface area (Å²) < 4.78 is 9.85. The van der Waals surface area contributed by atoms with E-state index in [1.807, 2.05) is 0 Å². The van der Waals surface area contributed by atoms with E-state index in [1.54, 1.807) is 0 Å². The Morgan fingerprint density at radius 3 is 1.56 bits per heavy atom. The molecule has 0 N–H and O–H groups in total. The third kappa shape index (κ3) is 2.84. The zero-order valence-electron chi connectivity index (χ0n) is 8.47. The van der Waals surface area contributed by atoms with Crippen molar-refractivity contribution in [1.82, 2.24) is 0 Å². The van der Waals surface area contributed by atoms with E-state index < -0.39 is 9.85 Å². The summed E-state index contributed by atoms with van der Waals surface area (Å²) in [6.45, 7) is 0. The van der Waals surface area contributed by atoms with E-state index in [4.69, 9.17) is 8.83 Å². The summed E-state index contributed by atoms with van der Waals surface area (Å²) in [6, 6.07) is 2.52. The second-order valence-electron chi connectivity index (χ2n) is 2.93. The lowest BCUT2D eigenvalue weighted by Crippen LogP contribution is -1.82. The SMILES string of the molecule is O=[N+]([O-])c1coc(SSc2cc([N+](=O)[O-])co2)c1. The molecule has 2 heterocycles. The van der Waals surface area contributed by atoms with Gasteiger partial charge in [-0.2, -0.15) is 0 Å². The molecular weight excluding hydrogens is 284 g/mol. The summed E-state index contributed by atoms with van der Waals surface area (Å²) >= 11 is 0. The topological polar surface area (TPSA) is 113 Å². The van der Waals surface area contributed by atoms with Gasteiger partial charge in [-0.25, -0.2) is 0 Å². The minimum Gasteiger partial charge on any atom is -0.450 e. The standard InChI is InChI=1S/C8H4N2O6S2/c11-9(12)5-1-7(15-3-5)17-18-8-2-6(4-16-8)10(13)14/h1-4H. The van der Waals surface area contributed by atoms with E-state index in [9.17, 15) is 20.2 Å². The van der Waals surface area contributed by atoms with Gasteiger partial charge in [-0.05, 0) is 21.6 Å². The molecule has 0 saturated carbocycles. The van der Waals surface area contributed by atoms with Gasteiger partial charge in [-0.3, -0.25) is 20.2 Å². The third-order valence-electron chi connectivity index (χ3n) is 1.75. The molecule has 10 heteroatoms. The summed E-state index contributed by atoms with van der Waals surface area (Å²) in [5.74, 6) is 0. The molecule has 0 spiro atoms. The molecule has 0 amide bonds. The first kappa shape index (κ1) is 12.5. The van der Waals surface area contributed by atoms with Crippen LogP contribution >= 0.6 is 21.6 Å². The Kier molecular flexibility index (Phi) is 3.58. The number of nitro groups is 2. The van der Waals surface area contributed by atoms with Crippen molar-refractivity contribution in [2.45, 2.75) is 10.2 Å². The van der Waals surface area contributed by atoms with Gasteiger partial charge >= 0.3 is 11.4 Å². The fourth-order valence-electron chi connectivity index (χ4n) is 0.975. The third-order valence-corrected chi connectivity index (χ3v) is 3.83. The number of hydrogen-bond donors (Lipinski definition) is 0. The molecule has 2 aromatic rings. The van der Waals surface area contributed by atoms with E-state index in [-0.39, 0.29) is 11.4 Å². The second-order valence-corrected chi connectivity index (χ2v) is 5.07. The number of furan rings is 2. The van der Waals surface area contributed by atoms with Crippen molar-refractivity contribution in [2.75, 3.05) is 0 Å². The van der Waals surface area contributed by atoms with Crippen molar-refractivity contribution in [3.05, 3.63) is 44.9 Å². The normalized spacial score (nSPS) is 10.4. The van der Waals surface area contributed by atoms with Gasteiger partial charge in [0.05, 0.1) is 22.0 Å². The van der Waals surface area contributed by atoms with Crippen LogP contribution in [0.1, 0.15) is 0 Å². The minimum atomic E-state index is -0.573. The highest BCUT2D eigenvalue weighted by molar-refractivity contribution is 8.76. The molecule has 0 radical (unpaired) electrons. The Labute approximate surface area is 107 Å². The first-order valence-electron chi connectivity index (χ1n) is 4.36. The van der Waals surface area contributed by atoms with Crippen molar-refractivity contribution in [2.24, 2.45) is 0 Å². The molecule has 0 bridgehead atoms. The van der Waals surface area contributed by atoms with Crippen LogP contribution in [-0.2, 0) is 0 Å². The minimum absolute atomic E-state index is 0.150. The van der Waals surface area contributed by atoms with Crippen LogP contribution in [-0.4, -0.2) is 9.85 Å². The van der Waals surface area contributed by atoms with Crippen LogP contribution in [0.4, 0.5) is 11.4 Å². The zero-order valence-corrected chi connectivity index (χ0v) is 10.1. The average Bonchev–Trinajstić information content (AvgIpc) is 2.95. The first-order valence-corrected chi connectivity index (χ1v) is 6.51. The highest BCUT2D eigenvalue weighted by atomic mass is 33.1. The summed E-state index contributed by atoms with van der Waals surface area (Å²) in [5, 5.41) is 21.4. The van der Waals surface area contributed by atoms with Crippen molar-refractivity contribution in [3.8, 4) is 0 Å². The van der Waals surface area contributed by atoms with Crippen molar-refractivity contribution in [1.29, 1.82) is 0 Å². The van der Waals surface area contributed by atoms with Gasteiger partial charge in [0.1, 0.15) is 0 Å². The van der Waals surface area contributed by atoms with Crippen molar-refractivity contribution < 1.29 is 18.7 Å². The Hall–Kier alpha value is -1.94. The van der Waals surface area contributed by atoms with E-state index in [2.05, 4.69) is 0 Å². The smallest absolute Gasteiger partial charge is 0.308 e. The molecule has 0 unspecified atom stereocenters. The lowest BCUT2D eigenvalue weighted by Gasteiger charge is -1.90. The summed E-state index contributed by atoms with van der Waals surface area (Å²) in [7, 11) is 2.13. The Bertz CT molecular complexity index is 540. The molecule has 2 rings (SSSR count). The van der Waals surface area contributed by atoms with Crippen molar-refractivity contribution in [3.63, 3.8) is 0 Å². The maximum Gasteiger partial charge on any atom is 0.308 e. The summed E-state index contributed by atoms with van der Waals surface area (Å²) in [4.78, 5) is 19.7. The van der Waals surface area contributed by atoms with E-state index in [1.165, 1.54) is 12.1 Å². The van der Waals surface area contributed by atoms with Crippen LogP contribution < -0.4 is 0 Å². The van der Waals surface area contributed by atoms with Gasteiger partial charge in [0, 0.05) is 0 Å². The van der Waals surface area contributed by atoms with Gasteiger partial charge in [0.2, 0.25) is 0 Å². The van der Waals surface area contributed by atoms with Gasteiger partial charge < -0.3 is 8.83 Å². The van der Waals surface area contributed by atoms with Crippen molar-refractivity contribution >= 4 is 33.0 Å². The van der Waals surface area contributed by atoms with Gasteiger partial charge in [0.15, 0.2) is 22.7 Å². The van der Waals surface area contributed by atoms with Gasteiger partial charge in [-0.15, -0.1) is 0 Å². The van der Waals surface area contributed by atoms with Crippen LogP contribution in [0.25, 0.3) is 0 Å². The number of nitrogens with zero attached hydrogens (tertiary/aromatic N) is 2. The highest BCUT2D eigenvalue weighted by Crippen LogP contribution is 2.40. The molecule has 0 aliphatic carbocycles. The van der Waals surface area contributed by atoms with Crippen LogP contribution in [0.15, 0.2) is 43.7 Å². The van der Waals surface area contributed by atoms with Crippen LogP contribution in [0, 0.1) is 20.2 Å². The maximum absolute atomic E-state index is 10.4. The number of hydrogen-bond acceptors (Lipinski definition) is 8. The highest BCUT2D eigenvalue weighted by Gasteiger charge is 2.15. The number of rotatable bonds is 5. The average molecular weight is 288 g/mol.